The fourth-order valence-corrected chi connectivity index (χ4v) is 2.57. The average molecular weight is 346 g/mol. The maximum absolute atomic E-state index is 12.2. The molecule has 0 aliphatic rings. The first kappa shape index (κ1) is 21.7. The van der Waals surface area contributed by atoms with Crippen molar-refractivity contribution in [2.24, 2.45) is 5.73 Å². The highest BCUT2D eigenvalue weighted by Gasteiger charge is 2.27. The van der Waals surface area contributed by atoms with Gasteiger partial charge in [0.1, 0.15) is 6.04 Å². The summed E-state index contributed by atoms with van der Waals surface area (Å²) in [6.07, 6.45) is 5.11. The van der Waals surface area contributed by atoms with Crippen LogP contribution in [0, 0.1) is 0 Å². The van der Waals surface area contributed by atoms with Gasteiger partial charge in [0.05, 0.1) is 6.42 Å². The SMILES string of the molecule is CNCCNC(=O)[C@H](CC(N)=O)N(C)C(=O)CCCCCSC. The van der Waals surface area contributed by atoms with E-state index in [1.54, 1.807) is 25.9 Å². The molecule has 0 saturated heterocycles. The Hall–Kier alpha value is -1.28. The number of likely N-dealkylation sites (N-methyl/N-ethyl adjacent to an activating group) is 2. The number of amides is 3. The van der Waals surface area contributed by atoms with Crippen LogP contribution in [-0.2, 0) is 14.4 Å². The number of thioether (sulfide) groups is 1. The number of carbonyl (C=O) groups excluding carboxylic acids is 3. The van der Waals surface area contributed by atoms with Crippen molar-refractivity contribution < 1.29 is 14.4 Å². The largest absolute Gasteiger partial charge is 0.370 e. The molecule has 0 spiro atoms. The molecule has 0 rings (SSSR count). The molecule has 0 fully saturated rings. The van der Waals surface area contributed by atoms with Crippen molar-refractivity contribution in [3.05, 3.63) is 0 Å². The van der Waals surface area contributed by atoms with E-state index >= 15 is 0 Å². The smallest absolute Gasteiger partial charge is 0.243 e. The molecule has 3 amide bonds. The molecule has 0 radical (unpaired) electrons. The molecular formula is C15H30N4O3S. The summed E-state index contributed by atoms with van der Waals surface area (Å²) in [5, 5.41) is 5.61. The summed E-state index contributed by atoms with van der Waals surface area (Å²) in [5.74, 6) is 0.00203. The lowest BCUT2D eigenvalue weighted by Gasteiger charge is -2.26. The van der Waals surface area contributed by atoms with Crippen LogP contribution in [0.25, 0.3) is 0 Å². The Balaban J connectivity index is 4.47. The Morgan fingerprint density at radius 2 is 1.87 bits per heavy atom. The minimum atomic E-state index is -0.844. The van der Waals surface area contributed by atoms with Gasteiger partial charge in [-0.2, -0.15) is 11.8 Å². The number of carbonyl (C=O) groups is 3. The summed E-state index contributed by atoms with van der Waals surface area (Å²) in [6.45, 7) is 1.05. The van der Waals surface area contributed by atoms with Crippen LogP contribution < -0.4 is 16.4 Å². The summed E-state index contributed by atoms with van der Waals surface area (Å²) in [7, 11) is 3.33. The number of nitrogens with two attached hydrogens (primary N) is 1. The molecule has 0 aromatic carbocycles. The standard InChI is InChI=1S/C15H30N4O3S/c1-17-8-9-18-15(22)12(11-13(16)20)19(2)14(21)7-5-4-6-10-23-3/h12,17H,4-11H2,1-3H3,(H2,16,20)(H,18,22)/t12-/m0/s1. The highest BCUT2D eigenvalue weighted by atomic mass is 32.2. The Morgan fingerprint density at radius 3 is 2.43 bits per heavy atom. The minimum Gasteiger partial charge on any atom is -0.370 e. The summed E-state index contributed by atoms with van der Waals surface area (Å²) in [4.78, 5) is 36.9. The van der Waals surface area contributed by atoms with Gasteiger partial charge in [-0.05, 0) is 31.9 Å². The maximum Gasteiger partial charge on any atom is 0.243 e. The van der Waals surface area contributed by atoms with E-state index in [4.69, 9.17) is 5.73 Å². The number of hydrogen-bond acceptors (Lipinski definition) is 5. The topological polar surface area (TPSA) is 105 Å². The molecule has 1 atom stereocenters. The number of nitrogens with one attached hydrogen (secondary N) is 2. The van der Waals surface area contributed by atoms with Gasteiger partial charge < -0.3 is 21.3 Å². The van der Waals surface area contributed by atoms with Crippen LogP contribution in [0.1, 0.15) is 32.1 Å². The minimum absolute atomic E-state index is 0.135. The summed E-state index contributed by atoms with van der Waals surface area (Å²) in [5.41, 5.74) is 5.21. The van der Waals surface area contributed by atoms with E-state index in [0.717, 1.165) is 25.0 Å². The van der Waals surface area contributed by atoms with Gasteiger partial charge in [0.2, 0.25) is 17.7 Å². The van der Waals surface area contributed by atoms with Crippen molar-refractivity contribution in [3.8, 4) is 0 Å². The van der Waals surface area contributed by atoms with E-state index < -0.39 is 11.9 Å². The molecular weight excluding hydrogens is 316 g/mol. The first-order valence-corrected chi connectivity index (χ1v) is 9.28. The van der Waals surface area contributed by atoms with Gasteiger partial charge in [-0.1, -0.05) is 6.42 Å². The lowest BCUT2D eigenvalue weighted by molar-refractivity contribution is -0.140. The Bertz CT molecular complexity index is 380. The molecule has 7 nitrogen and oxygen atoms in total. The monoisotopic (exact) mass is 346 g/mol. The molecule has 134 valence electrons. The Morgan fingerprint density at radius 1 is 1.17 bits per heavy atom. The molecule has 0 saturated carbocycles. The molecule has 0 heterocycles. The zero-order valence-electron chi connectivity index (χ0n) is 14.4. The van der Waals surface area contributed by atoms with E-state index in [1.165, 1.54) is 4.90 Å². The lowest BCUT2D eigenvalue weighted by Crippen LogP contribution is -2.50. The normalized spacial score (nSPS) is 11.8. The van der Waals surface area contributed by atoms with E-state index in [2.05, 4.69) is 16.9 Å². The zero-order valence-corrected chi connectivity index (χ0v) is 15.2. The van der Waals surface area contributed by atoms with Crippen LogP contribution in [0.2, 0.25) is 0 Å². The van der Waals surface area contributed by atoms with Crippen LogP contribution in [0.5, 0.6) is 0 Å². The average Bonchev–Trinajstić information content (AvgIpc) is 2.51. The molecule has 8 heteroatoms. The van der Waals surface area contributed by atoms with E-state index in [9.17, 15) is 14.4 Å². The number of rotatable bonds is 13. The summed E-state index contributed by atoms with van der Waals surface area (Å²) >= 11 is 1.79. The van der Waals surface area contributed by atoms with Crippen molar-refractivity contribution in [1.29, 1.82) is 0 Å². The predicted molar refractivity (Wildman–Crippen MR) is 94.2 cm³/mol. The van der Waals surface area contributed by atoms with Crippen molar-refractivity contribution in [2.75, 3.05) is 39.2 Å². The van der Waals surface area contributed by atoms with Crippen molar-refractivity contribution in [1.82, 2.24) is 15.5 Å². The molecule has 0 aliphatic heterocycles. The first-order valence-electron chi connectivity index (χ1n) is 7.89. The highest BCUT2D eigenvalue weighted by molar-refractivity contribution is 7.98. The van der Waals surface area contributed by atoms with Gasteiger partial charge >= 0.3 is 0 Å². The molecule has 0 aliphatic carbocycles. The molecule has 23 heavy (non-hydrogen) atoms. The van der Waals surface area contributed by atoms with E-state index in [-0.39, 0.29) is 18.2 Å². The quantitative estimate of drug-likeness (QED) is 0.406. The van der Waals surface area contributed by atoms with Crippen molar-refractivity contribution in [3.63, 3.8) is 0 Å². The van der Waals surface area contributed by atoms with Crippen LogP contribution in [0.3, 0.4) is 0 Å². The third-order valence-corrected chi connectivity index (χ3v) is 4.17. The second kappa shape index (κ2) is 13.2. The van der Waals surface area contributed by atoms with E-state index in [0.29, 0.717) is 19.5 Å². The third kappa shape index (κ3) is 10.2. The highest BCUT2D eigenvalue weighted by Crippen LogP contribution is 2.09. The zero-order chi connectivity index (χ0) is 17.7. The van der Waals surface area contributed by atoms with Gasteiger partial charge in [0.25, 0.3) is 0 Å². The number of hydrogen-bond donors (Lipinski definition) is 3. The number of primary amides is 1. The predicted octanol–water partition coefficient (Wildman–Crippen LogP) is -0.0522. The van der Waals surface area contributed by atoms with Crippen molar-refractivity contribution >= 4 is 29.5 Å². The van der Waals surface area contributed by atoms with Gasteiger partial charge in [0, 0.05) is 26.6 Å². The summed E-state index contributed by atoms with van der Waals surface area (Å²) < 4.78 is 0. The Labute approximate surface area is 143 Å². The van der Waals surface area contributed by atoms with Gasteiger partial charge in [-0.25, -0.2) is 0 Å². The first-order chi connectivity index (χ1) is 10.9. The molecule has 0 bridgehead atoms. The third-order valence-electron chi connectivity index (χ3n) is 3.47. The van der Waals surface area contributed by atoms with Crippen molar-refractivity contribution in [2.45, 2.75) is 38.1 Å². The molecule has 4 N–H and O–H groups in total. The van der Waals surface area contributed by atoms with Crippen LogP contribution in [0.4, 0.5) is 0 Å². The number of unbranched alkanes of at least 4 members (excludes halogenated alkanes) is 2. The fraction of sp³-hybridized carbons (Fsp3) is 0.800. The van der Waals surface area contributed by atoms with Crippen LogP contribution in [0.15, 0.2) is 0 Å². The maximum atomic E-state index is 12.2. The molecule has 0 unspecified atom stereocenters. The van der Waals surface area contributed by atoms with Crippen LogP contribution in [-0.4, -0.2) is 67.9 Å². The molecule has 0 aromatic rings. The van der Waals surface area contributed by atoms with Gasteiger partial charge in [0.15, 0.2) is 0 Å². The van der Waals surface area contributed by atoms with Gasteiger partial charge in [-0.3, -0.25) is 14.4 Å². The Kier molecular flexibility index (Phi) is 12.5. The number of nitrogens with zero attached hydrogens (tertiary/aromatic N) is 1. The second-order valence-electron chi connectivity index (χ2n) is 5.39. The van der Waals surface area contributed by atoms with Crippen LogP contribution >= 0.6 is 11.8 Å². The molecule has 0 aromatic heterocycles. The van der Waals surface area contributed by atoms with Gasteiger partial charge in [-0.15, -0.1) is 0 Å². The van der Waals surface area contributed by atoms with E-state index in [1.807, 2.05) is 0 Å². The second-order valence-corrected chi connectivity index (χ2v) is 6.37. The summed E-state index contributed by atoms with van der Waals surface area (Å²) in [6, 6.07) is -0.844. The lowest BCUT2D eigenvalue weighted by atomic mass is 10.1. The fourth-order valence-electron chi connectivity index (χ4n) is 2.07.